The molecule has 1 heterocycles. The number of fused-ring (bicyclic) bond motifs is 1. The van der Waals surface area contributed by atoms with Crippen molar-refractivity contribution in [2.24, 2.45) is 0 Å². The van der Waals surface area contributed by atoms with Crippen molar-refractivity contribution in [1.82, 2.24) is 9.66 Å². The second-order valence-electron chi connectivity index (χ2n) is 2.69. The van der Waals surface area contributed by atoms with Gasteiger partial charge in [0.15, 0.2) is 5.16 Å². The van der Waals surface area contributed by atoms with Crippen LogP contribution in [0.2, 0.25) is 0 Å². The summed E-state index contributed by atoms with van der Waals surface area (Å²) in [6.45, 7) is 2.09. The van der Waals surface area contributed by atoms with Gasteiger partial charge in [-0.2, -0.15) is 0 Å². The van der Waals surface area contributed by atoms with Gasteiger partial charge in [0.05, 0.1) is 11.0 Å². The maximum absolute atomic E-state index is 5.86. The van der Waals surface area contributed by atoms with Crippen molar-refractivity contribution >= 4 is 22.8 Å². The number of nitrogen functional groups attached to an aromatic ring is 1. The smallest absolute Gasteiger partial charge is 0.187 e. The third kappa shape index (κ3) is 1.37. The number of aromatic nitrogens is 2. The summed E-state index contributed by atoms with van der Waals surface area (Å²) >= 11 is 1.65. The molecule has 0 amide bonds. The van der Waals surface area contributed by atoms with E-state index in [2.05, 4.69) is 11.9 Å². The highest BCUT2D eigenvalue weighted by atomic mass is 32.2. The van der Waals surface area contributed by atoms with Crippen LogP contribution < -0.4 is 5.84 Å². The highest BCUT2D eigenvalue weighted by Crippen LogP contribution is 2.20. The van der Waals surface area contributed by atoms with Crippen molar-refractivity contribution in [3.05, 3.63) is 24.3 Å². The van der Waals surface area contributed by atoms with E-state index in [4.69, 9.17) is 5.84 Å². The van der Waals surface area contributed by atoms with E-state index in [0.29, 0.717) is 0 Å². The summed E-state index contributed by atoms with van der Waals surface area (Å²) in [5.74, 6) is 6.85. The number of hydrogen-bond donors (Lipinski definition) is 1. The third-order valence-electron chi connectivity index (χ3n) is 1.84. The van der Waals surface area contributed by atoms with Gasteiger partial charge in [-0.25, -0.2) is 9.66 Å². The molecule has 0 aliphatic rings. The summed E-state index contributed by atoms with van der Waals surface area (Å²) in [6.07, 6.45) is 0. The predicted octanol–water partition coefficient (Wildman–Crippen LogP) is 1.86. The molecule has 0 saturated heterocycles. The summed E-state index contributed by atoms with van der Waals surface area (Å²) in [4.78, 5) is 4.40. The number of thioether (sulfide) groups is 1. The second kappa shape index (κ2) is 3.30. The molecule has 2 rings (SSSR count). The average Bonchev–Trinajstić information content (AvgIpc) is 2.46. The molecule has 0 atom stereocenters. The summed E-state index contributed by atoms with van der Waals surface area (Å²) in [5.41, 5.74) is 1.94. The van der Waals surface area contributed by atoms with E-state index in [-0.39, 0.29) is 0 Å². The summed E-state index contributed by atoms with van der Waals surface area (Å²) in [6, 6.07) is 7.88. The van der Waals surface area contributed by atoms with Crippen LogP contribution in [0.5, 0.6) is 0 Å². The minimum absolute atomic E-state index is 0.878. The molecule has 0 saturated carbocycles. The monoisotopic (exact) mass is 193 g/mol. The third-order valence-corrected chi connectivity index (χ3v) is 2.67. The molecular weight excluding hydrogens is 182 g/mol. The van der Waals surface area contributed by atoms with Gasteiger partial charge in [-0.05, 0) is 17.9 Å². The Bertz CT molecular complexity index is 422. The molecule has 0 spiro atoms. The van der Waals surface area contributed by atoms with Crippen LogP contribution in [-0.4, -0.2) is 15.4 Å². The van der Waals surface area contributed by atoms with Crippen LogP contribution in [0.4, 0.5) is 0 Å². The van der Waals surface area contributed by atoms with Crippen LogP contribution in [0.3, 0.4) is 0 Å². The number of imidazole rings is 1. The number of para-hydroxylation sites is 2. The molecule has 0 aliphatic heterocycles. The van der Waals surface area contributed by atoms with Crippen molar-refractivity contribution in [3.8, 4) is 0 Å². The number of nitrogens with zero attached hydrogens (tertiary/aromatic N) is 2. The zero-order chi connectivity index (χ0) is 9.26. The normalized spacial score (nSPS) is 10.8. The molecule has 1 aromatic heterocycles. The maximum Gasteiger partial charge on any atom is 0.187 e. The second-order valence-corrected chi connectivity index (χ2v) is 3.92. The van der Waals surface area contributed by atoms with Gasteiger partial charge in [-0.15, -0.1) is 0 Å². The van der Waals surface area contributed by atoms with Crippen LogP contribution in [0, 0.1) is 0 Å². The van der Waals surface area contributed by atoms with Gasteiger partial charge >= 0.3 is 0 Å². The largest absolute Gasteiger partial charge is 0.337 e. The first-order valence-electron chi connectivity index (χ1n) is 4.18. The Labute approximate surface area is 80.9 Å². The quantitative estimate of drug-likeness (QED) is 0.585. The number of hydrogen-bond acceptors (Lipinski definition) is 3. The molecule has 0 aliphatic carbocycles. The molecular formula is C9H11N3S. The minimum Gasteiger partial charge on any atom is -0.337 e. The minimum atomic E-state index is 0.878. The number of benzene rings is 1. The van der Waals surface area contributed by atoms with Crippen molar-refractivity contribution in [2.45, 2.75) is 12.1 Å². The number of nitrogens with two attached hydrogens (primary N) is 1. The van der Waals surface area contributed by atoms with E-state index in [0.717, 1.165) is 21.9 Å². The van der Waals surface area contributed by atoms with Gasteiger partial charge < -0.3 is 5.84 Å². The first-order valence-corrected chi connectivity index (χ1v) is 5.17. The summed E-state index contributed by atoms with van der Waals surface area (Å²) in [5, 5.41) is 0.878. The molecule has 0 radical (unpaired) electrons. The van der Waals surface area contributed by atoms with Crippen LogP contribution in [0.25, 0.3) is 11.0 Å². The van der Waals surface area contributed by atoms with Gasteiger partial charge in [-0.3, -0.25) is 0 Å². The fourth-order valence-electron chi connectivity index (χ4n) is 1.25. The van der Waals surface area contributed by atoms with Gasteiger partial charge in [0.2, 0.25) is 0 Å². The molecule has 3 nitrogen and oxygen atoms in total. The topological polar surface area (TPSA) is 43.8 Å². The van der Waals surface area contributed by atoms with E-state index in [1.54, 1.807) is 16.4 Å². The summed E-state index contributed by atoms with van der Waals surface area (Å²) in [7, 11) is 0. The number of rotatable bonds is 2. The van der Waals surface area contributed by atoms with Crippen LogP contribution in [-0.2, 0) is 0 Å². The Morgan fingerprint density at radius 2 is 2.23 bits per heavy atom. The Kier molecular flexibility index (Phi) is 2.14. The highest BCUT2D eigenvalue weighted by molar-refractivity contribution is 7.99. The SMILES string of the molecule is CCSc1nc2ccccc2n1N. The van der Waals surface area contributed by atoms with E-state index in [9.17, 15) is 0 Å². The average molecular weight is 193 g/mol. The zero-order valence-electron chi connectivity index (χ0n) is 7.40. The molecule has 13 heavy (non-hydrogen) atoms. The lowest BCUT2D eigenvalue weighted by molar-refractivity contribution is 0.877. The molecule has 0 bridgehead atoms. The van der Waals surface area contributed by atoms with Crippen LogP contribution in [0.15, 0.2) is 29.4 Å². The Morgan fingerprint density at radius 1 is 1.46 bits per heavy atom. The Morgan fingerprint density at radius 3 is 2.92 bits per heavy atom. The van der Waals surface area contributed by atoms with Crippen molar-refractivity contribution in [2.75, 3.05) is 11.6 Å². The van der Waals surface area contributed by atoms with Gasteiger partial charge in [0, 0.05) is 0 Å². The zero-order valence-corrected chi connectivity index (χ0v) is 8.21. The van der Waals surface area contributed by atoms with E-state index >= 15 is 0 Å². The van der Waals surface area contributed by atoms with Crippen LogP contribution >= 0.6 is 11.8 Å². The van der Waals surface area contributed by atoms with Crippen molar-refractivity contribution < 1.29 is 0 Å². The lowest BCUT2D eigenvalue weighted by Gasteiger charge is -1.98. The molecule has 0 unspecified atom stereocenters. The maximum atomic E-state index is 5.86. The van der Waals surface area contributed by atoms with Gasteiger partial charge in [0.1, 0.15) is 0 Å². The molecule has 4 heteroatoms. The Balaban J connectivity index is 2.60. The van der Waals surface area contributed by atoms with Gasteiger partial charge in [0.25, 0.3) is 0 Å². The lowest BCUT2D eigenvalue weighted by Crippen LogP contribution is -2.08. The standard InChI is InChI=1S/C9H11N3S/c1-2-13-9-11-7-5-3-4-6-8(7)12(9)10/h3-6H,2,10H2,1H3. The first-order chi connectivity index (χ1) is 6.33. The molecule has 68 valence electrons. The fourth-order valence-corrected chi connectivity index (χ4v) is 1.91. The predicted molar refractivity (Wildman–Crippen MR) is 56.3 cm³/mol. The van der Waals surface area contributed by atoms with Crippen molar-refractivity contribution in [3.63, 3.8) is 0 Å². The van der Waals surface area contributed by atoms with Gasteiger partial charge in [-0.1, -0.05) is 30.8 Å². The Hall–Kier alpha value is -1.16. The van der Waals surface area contributed by atoms with E-state index in [1.165, 1.54) is 0 Å². The van der Waals surface area contributed by atoms with Crippen molar-refractivity contribution in [1.29, 1.82) is 0 Å². The molecule has 1 aromatic carbocycles. The fraction of sp³-hybridized carbons (Fsp3) is 0.222. The molecule has 2 N–H and O–H groups in total. The lowest BCUT2D eigenvalue weighted by atomic mass is 10.3. The molecule has 0 fully saturated rings. The van der Waals surface area contributed by atoms with E-state index in [1.807, 2.05) is 24.3 Å². The first kappa shape index (κ1) is 8.44. The molecule has 2 aromatic rings. The highest BCUT2D eigenvalue weighted by Gasteiger charge is 2.06. The van der Waals surface area contributed by atoms with E-state index < -0.39 is 0 Å². The van der Waals surface area contributed by atoms with Crippen LogP contribution in [0.1, 0.15) is 6.92 Å². The summed E-state index contributed by atoms with van der Waals surface area (Å²) < 4.78 is 1.64.